The lowest BCUT2D eigenvalue weighted by atomic mass is 10.2. The number of hydrogen-bond acceptors (Lipinski definition) is 3. The monoisotopic (exact) mass is 391 g/mol. The van der Waals surface area contributed by atoms with Crippen LogP contribution in [0.25, 0.3) is 0 Å². The van der Waals surface area contributed by atoms with Gasteiger partial charge in [0.25, 0.3) is 0 Å². The molecule has 0 amide bonds. The Kier molecular flexibility index (Phi) is 5.45. The quantitative estimate of drug-likeness (QED) is 0.738. The van der Waals surface area contributed by atoms with Gasteiger partial charge in [-0.15, -0.1) is 0 Å². The molecule has 3 N–H and O–H groups in total. The Morgan fingerprint density at radius 2 is 1.72 bits per heavy atom. The van der Waals surface area contributed by atoms with Gasteiger partial charge in [0.1, 0.15) is 5.75 Å². The zero-order chi connectivity index (χ0) is 13.9. The number of phenols is 1. The second-order valence-corrected chi connectivity index (χ2v) is 5.31. The van der Waals surface area contributed by atoms with Gasteiger partial charge in [0.05, 0.1) is 8.95 Å². The van der Waals surface area contributed by atoms with Crippen LogP contribution in [-0.2, 0) is 6.54 Å². The fourth-order valence-corrected chi connectivity index (χ4v) is 2.47. The van der Waals surface area contributed by atoms with Crippen molar-refractivity contribution in [3.8, 4) is 5.75 Å². The highest BCUT2D eigenvalue weighted by atomic mass is 79.9. The Labute approximate surface area is 118 Å². The normalized spacial score (nSPS) is 13.7. The highest BCUT2D eigenvalue weighted by Gasteiger charge is 2.37. The number of phenolic OH excluding ortho intramolecular Hbond substituents is 1. The molecule has 1 aromatic rings. The minimum absolute atomic E-state index is 0.0223. The Hall–Kier alpha value is -0.310. The van der Waals surface area contributed by atoms with Crippen LogP contribution in [0.1, 0.15) is 5.56 Å². The Bertz CT molecular complexity index is 403. The minimum Gasteiger partial charge on any atom is -0.506 e. The molecule has 0 fully saturated rings. The van der Waals surface area contributed by atoms with Crippen LogP contribution in [0.15, 0.2) is 21.1 Å². The molecule has 18 heavy (non-hydrogen) atoms. The number of aromatic hydroxyl groups is 1. The van der Waals surface area contributed by atoms with Crippen LogP contribution >= 0.6 is 31.9 Å². The smallest absolute Gasteiger partial charge is 0.415 e. The van der Waals surface area contributed by atoms with Gasteiger partial charge in [-0.1, -0.05) is 0 Å². The number of alkyl halides is 3. The van der Waals surface area contributed by atoms with E-state index in [2.05, 4.69) is 37.2 Å². The molecule has 0 heterocycles. The van der Waals surface area contributed by atoms with E-state index in [0.717, 1.165) is 0 Å². The maximum absolute atomic E-state index is 12.0. The first-order valence-corrected chi connectivity index (χ1v) is 6.42. The lowest BCUT2D eigenvalue weighted by Crippen LogP contribution is -2.38. The van der Waals surface area contributed by atoms with Gasteiger partial charge in [-0.3, -0.25) is 0 Å². The molecule has 3 nitrogen and oxygen atoms in total. The van der Waals surface area contributed by atoms with Crippen LogP contribution in [0.2, 0.25) is 0 Å². The van der Waals surface area contributed by atoms with E-state index in [0.29, 0.717) is 14.5 Å². The van der Waals surface area contributed by atoms with E-state index in [9.17, 15) is 18.3 Å². The van der Waals surface area contributed by atoms with Crippen molar-refractivity contribution in [1.82, 2.24) is 5.32 Å². The zero-order valence-corrected chi connectivity index (χ0v) is 12.1. The molecule has 102 valence electrons. The molecule has 1 atom stereocenters. The van der Waals surface area contributed by atoms with Crippen molar-refractivity contribution in [2.45, 2.75) is 18.8 Å². The number of hydrogen-bond donors (Lipinski definition) is 3. The van der Waals surface area contributed by atoms with Crippen molar-refractivity contribution >= 4 is 31.9 Å². The number of rotatable bonds is 4. The molecule has 1 rings (SSSR count). The molecule has 0 aromatic heterocycles. The maximum atomic E-state index is 12.0. The van der Waals surface area contributed by atoms with E-state index in [-0.39, 0.29) is 12.3 Å². The highest BCUT2D eigenvalue weighted by Crippen LogP contribution is 2.33. The van der Waals surface area contributed by atoms with Gasteiger partial charge in [0.15, 0.2) is 6.10 Å². The average Bonchev–Trinajstić information content (AvgIpc) is 2.24. The Morgan fingerprint density at radius 3 is 2.17 bits per heavy atom. The first-order valence-electron chi connectivity index (χ1n) is 4.84. The van der Waals surface area contributed by atoms with Crippen molar-refractivity contribution in [3.63, 3.8) is 0 Å². The maximum Gasteiger partial charge on any atom is 0.415 e. The molecule has 0 aliphatic carbocycles. The fourth-order valence-electron chi connectivity index (χ4n) is 1.19. The number of aliphatic hydroxyl groups excluding tert-OH is 1. The third-order valence-electron chi connectivity index (χ3n) is 2.12. The standard InChI is InChI=1S/C10H10Br2F3NO2/c11-6-1-5(2-7(12)9(6)18)3-16-4-8(17)10(13,14)15/h1-2,8,16-18H,3-4H2. The van der Waals surface area contributed by atoms with Crippen LogP contribution in [0, 0.1) is 0 Å². The van der Waals surface area contributed by atoms with Gasteiger partial charge >= 0.3 is 6.18 Å². The summed E-state index contributed by atoms with van der Waals surface area (Å²) in [4.78, 5) is 0. The molecule has 0 aliphatic rings. The van der Waals surface area contributed by atoms with E-state index >= 15 is 0 Å². The summed E-state index contributed by atoms with van der Waals surface area (Å²) in [6, 6.07) is 3.15. The molecule has 0 spiro atoms. The largest absolute Gasteiger partial charge is 0.506 e. The molecular formula is C10H10Br2F3NO2. The van der Waals surface area contributed by atoms with Crippen molar-refractivity contribution < 1.29 is 23.4 Å². The summed E-state index contributed by atoms with van der Waals surface area (Å²) in [6.45, 7) is -0.440. The van der Waals surface area contributed by atoms with Crippen molar-refractivity contribution in [2.24, 2.45) is 0 Å². The summed E-state index contributed by atoms with van der Waals surface area (Å²) >= 11 is 6.22. The lowest BCUT2D eigenvalue weighted by Gasteiger charge is -2.15. The van der Waals surface area contributed by atoms with E-state index in [4.69, 9.17) is 5.11 Å². The zero-order valence-electron chi connectivity index (χ0n) is 8.93. The average molecular weight is 393 g/mol. The summed E-state index contributed by atoms with van der Waals surface area (Å²) in [7, 11) is 0. The molecule has 0 saturated carbocycles. The summed E-state index contributed by atoms with van der Waals surface area (Å²) in [5.41, 5.74) is 0.668. The molecule has 1 aromatic carbocycles. The van der Waals surface area contributed by atoms with E-state index in [1.807, 2.05) is 0 Å². The van der Waals surface area contributed by atoms with Gasteiger partial charge in [-0.2, -0.15) is 13.2 Å². The molecular weight excluding hydrogens is 383 g/mol. The number of halogens is 5. The highest BCUT2D eigenvalue weighted by molar-refractivity contribution is 9.11. The molecule has 0 bridgehead atoms. The second-order valence-electron chi connectivity index (χ2n) is 3.60. The van der Waals surface area contributed by atoms with Crippen molar-refractivity contribution in [1.29, 1.82) is 0 Å². The molecule has 1 unspecified atom stereocenters. The van der Waals surface area contributed by atoms with E-state index in [1.54, 1.807) is 12.1 Å². The van der Waals surface area contributed by atoms with Crippen LogP contribution in [-0.4, -0.2) is 29.0 Å². The van der Waals surface area contributed by atoms with E-state index < -0.39 is 18.8 Å². The summed E-state index contributed by atoms with van der Waals surface area (Å²) in [5.74, 6) is 0.0223. The molecule has 0 aliphatic heterocycles. The number of benzene rings is 1. The van der Waals surface area contributed by atoms with Gasteiger partial charge in [-0.25, -0.2) is 0 Å². The van der Waals surface area contributed by atoms with Gasteiger partial charge < -0.3 is 15.5 Å². The SMILES string of the molecule is Oc1c(Br)cc(CNCC(O)C(F)(F)F)cc1Br. The van der Waals surface area contributed by atoms with Crippen LogP contribution in [0.3, 0.4) is 0 Å². The van der Waals surface area contributed by atoms with Crippen LogP contribution in [0.4, 0.5) is 13.2 Å². The van der Waals surface area contributed by atoms with E-state index in [1.165, 1.54) is 0 Å². The molecule has 0 radical (unpaired) electrons. The number of nitrogens with one attached hydrogen (secondary N) is 1. The van der Waals surface area contributed by atoms with Crippen LogP contribution in [0.5, 0.6) is 5.75 Å². The first-order chi connectivity index (χ1) is 8.21. The lowest BCUT2D eigenvalue weighted by molar-refractivity contribution is -0.201. The van der Waals surface area contributed by atoms with Crippen LogP contribution < -0.4 is 5.32 Å². The Morgan fingerprint density at radius 1 is 1.22 bits per heavy atom. The van der Waals surface area contributed by atoms with Crippen molar-refractivity contribution in [2.75, 3.05) is 6.54 Å². The third kappa shape index (κ3) is 4.42. The van der Waals surface area contributed by atoms with Gasteiger partial charge in [0, 0.05) is 13.1 Å². The molecule has 0 saturated heterocycles. The molecule has 8 heteroatoms. The third-order valence-corrected chi connectivity index (χ3v) is 3.33. The predicted molar refractivity (Wildman–Crippen MR) is 67.3 cm³/mol. The summed E-state index contributed by atoms with van der Waals surface area (Å²) in [5, 5.41) is 20.7. The van der Waals surface area contributed by atoms with Crippen molar-refractivity contribution in [3.05, 3.63) is 26.6 Å². The predicted octanol–water partition coefficient (Wildman–Crippen LogP) is 2.93. The van der Waals surface area contributed by atoms with Gasteiger partial charge in [0.2, 0.25) is 0 Å². The topological polar surface area (TPSA) is 52.5 Å². The first kappa shape index (κ1) is 15.7. The van der Waals surface area contributed by atoms with Gasteiger partial charge in [-0.05, 0) is 49.6 Å². The summed E-state index contributed by atoms with van der Waals surface area (Å²) < 4.78 is 36.9. The number of aliphatic hydroxyl groups is 1. The minimum atomic E-state index is -4.62. The summed E-state index contributed by atoms with van der Waals surface area (Å²) in [6.07, 6.45) is -7.01. The second kappa shape index (κ2) is 6.23. The fraction of sp³-hybridized carbons (Fsp3) is 0.400. The Balaban J connectivity index is 2.55.